The van der Waals surface area contributed by atoms with E-state index in [1.165, 1.54) is 17.4 Å². The average molecular weight is 280 g/mol. The summed E-state index contributed by atoms with van der Waals surface area (Å²) >= 11 is 1.39. The number of hydrogen-bond donors (Lipinski definition) is 0. The summed E-state index contributed by atoms with van der Waals surface area (Å²) in [6, 6.07) is 15.9. The Labute approximate surface area is 119 Å². The lowest BCUT2D eigenvalue weighted by Crippen LogP contribution is -1.84. The van der Waals surface area contributed by atoms with Crippen LogP contribution in [0.4, 0.5) is 4.39 Å². The molecular formula is C16H9FN2S. The predicted molar refractivity (Wildman–Crippen MR) is 77.7 cm³/mol. The fraction of sp³-hybridized carbons (Fsp3) is 0. The molecule has 4 heteroatoms. The summed E-state index contributed by atoms with van der Waals surface area (Å²) in [6.07, 6.45) is 0. The van der Waals surface area contributed by atoms with Crippen molar-refractivity contribution in [1.82, 2.24) is 4.98 Å². The van der Waals surface area contributed by atoms with E-state index in [0.29, 0.717) is 16.1 Å². The number of nitriles is 1. The highest BCUT2D eigenvalue weighted by molar-refractivity contribution is 7.13. The van der Waals surface area contributed by atoms with E-state index in [1.807, 2.05) is 17.5 Å². The number of benzene rings is 2. The monoisotopic (exact) mass is 280 g/mol. The van der Waals surface area contributed by atoms with Gasteiger partial charge in [0.2, 0.25) is 0 Å². The normalized spacial score (nSPS) is 10.2. The fourth-order valence-corrected chi connectivity index (χ4v) is 2.77. The highest BCUT2D eigenvalue weighted by atomic mass is 32.1. The van der Waals surface area contributed by atoms with Gasteiger partial charge in [0.1, 0.15) is 10.8 Å². The van der Waals surface area contributed by atoms with Crippen molar-refractivity contribution < 1.29 is 4.39 Å². The molecule has 0 aliphatic carbocycles. The topological polar surface area (TPSA) is 36.7 Å². The lowest BCUT2D eigenvalue weighted by molar-refractivity contribution is 0.631. The zero-order valence-corrected chi connectivity index (χ0v) is 11.2. The van der Waals surface area contributed by atoms with Crippen molar-refractivity contribution in [1.29, 1.82) is 5.26 Å². The van der Waals surface area contributed by atoms with E-state index < -0.39 is 0 Å². The molecule has 0 saturated heterocycles. The second kappa shape index (κ2) is 5.24. The Morgan fingerprint density at radius 2 is 1.95 bits per heavy atom. The van der Waals surface area contributed by atoms with Crippen LogP contribution in [0.3, 0.4) is 0 Å². The summed E-state index contributed by atoms with van der Waals surface area (Å²) < 4.78 is 13.7. The molecule has 0 aliphatic rings. The first-order valence-electron chi connectivity index (χ1n) is 5.99. The molecule has 0 spiro atoms. The molecule has 3 aromatic rings. The van der Waals surface area contributed by atoms with Gasteiger partial charge >= 0.3 is 0 Å². The van der Waals surface area contributed by atoms with Crippen molar-refractivity contribution in [3.63, 3.8) is 0 Å². The lowest BCUT2D eigenvalue weighted by Gasteiger charge is -1.98. The summed E-state index contributed by atoms with van der Waals surface area (Å²) in [7, 11) is 0. The van der Waals surface area contributed by atoms with Crippen LogP contribution in [-0.2, 0) is 0 Å². The number of rotatable bonds is 2. The molecular weight excluding hydrogens is 271 g/mol. The lowest BCUT2D eigenvalue weighted by atomic mass is 10.1. The third-order valence-corrected chi connectivity index (χ3v) is 3.77. The fourth-order valence-electron chi connectivity index (χ4n) is 1.91. The molecule has 2 aromatic carbocycles. The zero-order valence-electron chi connectivity index (χ0n) is 10.4. The summed E-state index contributed by atoms with van der Waals surface area (Å²) in [5, 5.41) is 11.4. The first-order chi connectivity index (χ1) is 9.78. The van der Waals surface area contributed by atoms with E-state index in [-0.39, 0.29) is 5.82 Å². The van der Waals surface area contributed by atoms with Gasteiger partial charge in [0, 0.05) is 16.5 Å². The van der Waals surface area contributed by atoms with Crippen LogP contribution in [0.1, 0.15) is 5.56 Å². The van der Waals surface area contributed by atoms with Crippen molar-refractivity contribution in [2.45, 2.75) is 0 Å². The molecule has 0 bridgehead atoms. The third-order valence-electron chi connectivity index (χ3n) is 2.90. The van der Waals surface area contributed by atoms with Gasteiger partial charge in [0.25, 0.3) is 0 Å². The second-order valence-corrected chi connectivity index (χ2v) is 5.07. The summed E-state index contributed by atoms with van der Waals surface area (Å²) in [5.41, 5.74) is 2.70. The predicted octanol–water partition coefficient (Wildman–Crippen LogP) is 4.49. The number of hydrogen-bond acceptors (Lipinski definition) is 3. The van der Waals surface area contributed by atoms with Crippen molar-refractivity contribution in [2.75, 3.05) is 0 Å². The van der Waals surface area contributed by atoms with E-state index in [4.69, 9.17) is 5.26 Å². The van der Waals surface area contributed by atoms with Crippen molar-refractivity contribution in [3.05, 3.63) is 65.3 Å². The van der Waals surface area contributed by atoms with E-state index in [2.05, 4.69) is 11.1 Å². The Morgan fingerprint density at radius 3 is 2.75 bits per heavy atom. The van der Waals surface area contributed by atoms with Crippen LogP contribution >= 0.6 is 11.3 Å². The largest absolute Gasteiger partial charge is 0.236 e. The van der Waals surface area contributed by atoms with Gasteiger partial charge < -0.3 is 0 Å². The van der Waals surface area contributed by atoms with Crippen LogP contribution in [0.15, 0.2) is 53.9 Å². The maximum Gasteiger partial charge on any atom is 0.133 e. The van der Waals surface area contributed by atoms with Gasteiger partial charge in [-0.1, -0.05) is 24.3 Å². The molecule has 0 N–H and O–H groups in total. The number of nitrogens with zero attached hydrogens (tertiary/aromatic N) is 2. The van der Waals surface area contributed by atoms with Gasteiger partial charge in [0.05, 0.1) is 17.3 Å². The highest BCUT2D eigenvalue weighted by Gasteiger charge is 2.10. The van der Waals surface area contributed by atoms with Crippen LogP contribution in [-0.4, -0.2) is 4.98 Å². The summed E-state index contributed by atoms with van der Waals surface area (Å²) in [4.78, 5) is 4.46. The van der Waals surface area contributed by atoms with Gasteiger partial charge in [-0.3, -0.25) is 0 Å². The van der Waals surface area contributed by atoms with E-state index >= 15 is 0 Å². The van der Waals surface area contributed by atoms with Gasteiger partial charge in [-0.2, -0.15) is 5.26 Å². The molecule has 3 rings (SSSR count). The Balaban J connectivity index is 2.02. The Morgan fingerprint density at radius 1 is 1.10 bits per heavy atom. The molecule has 0 saturated carbocycles. The van der Waals surface area contributed by atoms with Gasteiger partial charge in [-0.25, -0.2) is 9.37 Å². The zero-order chi connectivity index (χ0) is 13.9. The minimum atomic E-state index is -0.279. The third kappa shape index (κ3) is 2.31. The SMILES string of the molecule is N#Cc1cccc(-c2csc(-c3ccccc3F)n2)c1. The minimum absolute atomic E-state index is 0.279. The average Bonchev–Trinajstić information content (AvgIpc) is 2.97. The van der Waals surface area contributed by atoms with Crippen LogP contribution in [0.2, 0.25) is 0 Å². The molecule has 20 heavy (non-hydrogen) atoms. The molecule has 1 heterocycles. The summed E-state index contributed by atoms with van der Waals surface area (Å²) in [6.45, 7) is 0. The van der Waals surface area contributed by atoms with Gasteiger partial charge in [-0.15, -0.1) is 11.3 Å². The first kappa shape index (κ1) is 12.5. The van der Waals surface area contributed by atoms with Crippen molar-refractivity contribution >= 4 is 11.3 Å². The minimum Gasteiger partial charge on any atom is -0.236 e. The molecule has 0 radical (unpaired) electrons. The van der Waals surface area contributed by atoms with Gasteiger partial charge in [-0.05, 0) is 24.3 Å². The van der Waals surface area contributed by atoms with Crippen molar-refractivity contribution in [3.8, 4) is 27.9 Å². The van der Waals surface area contributed by atoms with E-state index in [1.54, 1.807) is 30.3 Å². The summed E-state index contributed by atoms with van der Waals surface area (Å²) in [5.74, 6) is -0.279. The molecule has 0 amide bonds. The van der Waals surface area contributed by atoms with Crippen LogP contribution in [0.5, 0.6) is 0 Å². The standard InChI is InChI=1S/C16H9FN2S/c17-14-7-2-1-6-13(14)16-19-15(10-20-16)12-5-3-4-11(8-12)9-18/h1-8,10H. The quantitative estimate of drug-likeness (QED) is 0.693. The maximum absolute atomic E-state index is 13.7. The molecule has 96 valence electrons. The van der Waals surface area contributed by atoms with Crippen LogP contribution < -0.4 is 0 Å². The smallest absolute Gasteiger partial charge is 0.133 e. The first-order valence-corrected chi connectivity index (χ1v) is 6.87. The Hall–Kier alpha value is -2.51. The number of halogens is 1. The Bertz CT molecular complexity index is 802. The number of aromatic nitrogens is 1. The highest BCUT2D eigenvalue weighted by Crippen LogP contribution is 2.30. The molecule has 0 fully saturated rings. The van der Waals surface area contributed by atoms with Gasteiger partial charge in [0.15, 0.2) is 0 Å². The van der Waals surface area contributed by atoms with Crippen LogP contribution in [0, 0.1) is 17.1 Å². The molecule has 0 atom stereocenters. The molecule has 1 aromatic heterocycles. The Kier molecular flexibility index (Phi) is 3.28. The second-order valence-electron chi connectivity index (χ2n) is 4.21. The van der Waals surface area contributed by atoms with E-state index in [0.717, 1.165) is 11.3 Å². The molecule has 0 unspecified atom stereocenters. The molecule has 0 aliphatic heterocycles. The van der Waals surface area contributed by atoms with E-state index in [9.17, 15) is 4.39 Å². The van der Waals surface area contributed by atoms with Crippen LogP contribution in [0.25, 0.3) is 21.8 Å². The molecule has 2 nitrogen and oxygen atoms in total. The maximum atomic E-state index is 13.7. The van der Waals surface area contributed by atoms with Crippen molar-refractivity contribution in [2.24, 2.45) is 0 Å². The number of thiazole rings is 1.